The highest BCUT2D eigenvalue weighted by molar-refractivity contribution is 6.30. The molecule has 1 aliphatic heterocycles. The normalized spacial score (nSPS) is 13.3. The summed E-state index contributed by atoms with van der Waals surface area (Å²) < 4.78 is 11.2. The predicted octanol–water partition coefficient (Wildman–Crippen LogP) is 3.12. The zero-order valence-corrected chi connectivity index (χ0v) is 12.2. The number of hydrogen-bond acceptors (Lipinski definition) is 4. The summed E-state index contributed by atoms with van der Waals surface area (Å²) in [6, 6.07) is 3.93. The van der Waals surface area contributed by atoms with Gasteiger partial charge in [-0.3, -0.25) is 0 Å². The number of halogens is 1. The zero-order chi connectivity index (χ0) is 13.9. The van der Waals surface area contributed by atoms with Crippen LogP contribution in [0, 0.1) is 0 Å². The van der Waals surface area contributed by atoms with Gasteiger partial charge in [-0.1, -0.05) is 18.5 Å². The van der Waals surface area contributed by atoms with E-state index in [4.69, 9.17) is 20.8 Å². The van der Waals surface area contributed by atoms with Crippen molar-refractivity contribution < 1.29 is 9.15 Å². The molecule has 0 saturated heterocycles. The summed E-state index contributed by atoms with van der Waals surface area (Å²) in [5.41, 5.74) is 2.28. The molecule has 1 aromatic heterocycles. The number of oxazole rings is 1. The standard InChI is InChI=1S/C15H17ClN2O2/c1-2-13-8-18-14(20-13)9-17-7-11-6-12(16)5-10-3-4-19-15(10)11/h5-6,8,17H,2-4,7,9H2,1H3. The Morgan fingerprint density at radius 1 is 1.35 bits per heavy atom. The molecule has 0 spiro atoms. The second-order valence-corrected chi connectivity index (χ2v) is 5.27. The van der Waals surface area contributed by atoms with Crippen molar-refractivity contribution in [3.05, 3.63) is 46.1 Å². The lowest BCUT2D eigenvalue weighted by molar-refractivity contribution is 0.351. The molecule has 0 radical (unpaired) electrons. The number of aryl methyl sites for hydroxylation is 1. The van der Waals surface area contributed by atoms with Crippen molar-refractivity contribution in [3.63, 3.8) is 0 Å². The minimum atomic E-state index is 0.598. The van der Waals surface area contributed by atoms with Crippen LogP contribution in [0.2, 0.25) is 5.02 Å². The number of hydrogen-bond donors (Lipinski definition) is 1. The molecular formula is C15H17ClN2O2. The van der Waals surface area contributed by atoms with Crippen LogP contribution in [0.5, 0.6) is 5.75 Å². The van der Waals surface area contributed by atoms with E-state index in [2.05, 4.69) is 10.3 Å². The second-order valence-electron chi connectivity index (χ2n) is 4.83. The third-order valence-electron chi connectivity index (χ3n) is 3.37. The number of fused-ring (bicyclic) bond motifs is 1. The van der Waals surface area contributed by atoms with Gasteiger partial charge in [0.05, 0.1) is 19.3 Å². The molecule has 0 saturated carbocycles. The van der Waals surface area contributed by atoms with Crippen molar-refractivity contribution in [1.29, 1.82) is 0 Å². The minimum Gasteiger partial charge on any atom is -0.493 e. The summed E-state index contributed by atoms with van der Waals surface area (Å²) in [6.45, 7) is 4.07. The fraction of sp³-hybridized carbons (Fsp3) is 0.400. The molecule has 0 aliphatic carbocycles. The maximum atomic E-state index is 6.13. The molecule has 20 heavy (non-hydrogen) atoms. The summed E-state index contributed by atoms with van der Waals surface area (Å²) in [5.74, 6) is 2.60. The number of benzene rings is 1. The summed E-state index contributed by atoms with van der Waals surface area (Å²) >= 11 is 6.13. The maximum Gasteiger partial charge on any atom is 0.208 e. The first-order valence-corrected chi connectivity index (χ1v) is 7.22. The topological polar surface area (TPSA) is 47.3 Å². The van der Waals surface area contributed by atoms with Gasteiger partial charge in [0.2, 0.25) is 5.89 Å². The third-order valence-corrected chi connectivity index (χ3v) is 3.59. The Hall–Kier alpha value is -1.52. The molecule has 0 bridgehead atoms. The van der Waals surface area contributed by atoms with Crippen molar-refractivity contribution in [2.75, 3.05) is 6.61 Å². The summed E-state index contributed by atoms with van der Waals surface area (Å²) in [4.78, 5) is 4.22. The van der Waals surface area contributed by atoms with E-state index in [0.717, 1.165) is 41.5 Å². The molecule has 3 rings (SSSR count). The first-order chi connectivity index (χ1) is 9.76. The smallest absolute Gasteiger partial charge is 0.208 e. The van der Waals surface area contributed by atoms with Gasteiger partial charge in [0.1, 0.15) is 11.5 Å². The van der Waals surface area contributed by atoms with E-state index in [1.165, 1.54) is 5.56 Å². The van der Waals surface area contributed by atoms with Gasteiger partial charge in [-0.15, -0.1) is 0 Å². The lowest BCUT2D eigenvalue weighted by atomic mass is 10.1. The molecule has 5 heteroatoms. The van der Waals surface area contributed by atoms with Gasteiger partial charge >= 0.3 is 0 Å². The van der Waals surface area contributed by atoms with Crippen LogP contribution in [-0.4, -0.2) is 11.6 Å². The van der Waals surface area contributed by atoms with Crippen molar-refractivity contribution in [2.24, 2.45) is 0 Å². The number of nitrogens with one attached hydrogen (secondary N) is 1. The van der Waals surface area contributed by atoms with Crippen LogP contribution in [0.3, 0.4) is 0 Å². The van der Waals surface area contributed by atoms with Crippen LogP contribution in [0.15, 0.2) is 22.7 Å². The van der Waals surface area contributed by atoms with Gasteiger partial charge in [0, 0.05) is 30.0 Å². The van der Waals surface area contributed by atoms with Crippen LogP contribution in [0.4, 0.5) is 0 Å². The molecule has 0 amide bonds. The Bertz CT molecular complexity index is 610. The van der Waals surface area contributed by atoms with E-state index >= 15 is 0 Å². The quantitative estimate of drug-likeness (QED) is 0.920. The largest absolute Gasteiger partial charge is 0.493 e. The van der Waals surface area contributed by atoms with Crippen LogP contribution < -0.4 is 10.1 Å². The van der Waals surface area contributed by atoms with Crippen LogP contribution in [0.25, 0.3) is 0 Å². The summed E-state index contributed by atoms with van der Waals surface area (Å²) in [7, 11) is 0. The van der Waals surface area contributed by atoms with E-state index in [1.54, 1.807) is 6.20 Å². The van der Waals surface area contributed by atoms with Gasteiger partial charge < -0.3 is 14.5 Å². The Labute approximate surface area is 123 Å². The maximum absolute atomic E-state index is 6.13. The Kier molecular flexibility index (Phi) is 3.94. The highest BCUT2D eigenvalue weighted by atomic mass is 35.5. The van der Waals surface area contributed by atoms with E-state index < -0.39 is 0 Å². The molecule has 106 valence electrons. The van der Waals surface area contributed by atoms with Gasteiger partial charge in [-0.25, -0.2) is 4.98 Å². The van der Waals surface area contributed by atoms with Gasteiger partial charge in [0.25, 0.3) is 0 Å². The van der Waals surface area contributed by atoms with Crippen molar-refractivity contribution in [2.45, 2.75) is 32.9 Å². The SMILES string of the molecule is CCc1cnc(CNCc2cc(Cl)cc3c2OCC3)o1. The van der Waals surface area contributed by atoms with E-state index in [9.17, 15) is 0 Å². The summed E-state index contributed by atoms with van der Waals surface area (Å²) in [5, 5.41) is 4.08. The van der Waals surface area contributed by atoms with E-state index in [0.29, 0.717) is 19.0 Å². The lowest BCUT2D eigenvalue weighted by Crippen LogP contribution is -2.13. The molecule has 1 N–H and O–H groups in total. The van der Waals surface area contributed by atoms with Gasteiger partial charge in [-0.05, 0) is 17.7 Å². The fourth-order valence-corrected chi connectivity index (χ4v) is 2.64. The first-order valence-electron chi connectivity index (χ1n) is 6.84. The van der Waals surface area contributed by atoms with Gasteiger partial charge in [0.15, 0.2) is 0 Å². The van der Waals surface area contributed by atoms with Gasteiger partial charge in [-0.2, -0.15) is 0 Å². The first kappa shape index (κ1) is 13.5. The lowest BCUT2D eigenvalue weighted by Gasteiger charge is -2.09. The number of ether oxygens (including phenoxy) is 1. The Balaban J connectivity index is 1.64. The fourth-order valence-electron chi connectivity index (χ4n) is 2.37. The monoisotopic (exact) mass is 292 g/mol. The molecule has 0 unspecified atom stereocenters. The molecule has 2 aromatic rings. The van der Waals surface area contributed by atoms with E-state index in [-0.39, 0.29) is 0 Å². The van der Waals surface area contributed by atoms with Crippen LogP contribution >= 0.6 is 11.6 Å². The number of nitrogens with zero attached hydrogens (tertiary/aromatic N) is 1. The minimum absolute atomic E-state index is 0.598. The van der Waals surface area contributed by atoms with Crippen molar-refractivity contribution in [1.82, 2.24) is 10.3 Å². The highest BCUT2D eigenvalue weighted by Crippen LogP contribution is 2.32. The average molecular weight is 293 g/mol. The molecular weight excluding hydrogens is 276 g/mol. The Morgan fingerprint density at radius 2 is 2.25 bits per heavy atom. The van der Waals surface area contributed by atoms with E-state index in [1.807, 2.05) is 19.1 Å². The average Bonchev–Trinajstić information content (AvgIpc) is 3.06. The number of rotatable bonds is 5. The van der Waals surface area contributed by atoms with Crippen molar-refractivity contribution >= 4 is 11.6 Å². The molecule has 1 aromatic carbocycles. The molecule has 4 nitrogen and oxygen atoms in total. The number of aromatic nitrogens is 1. The highest BCUT2D eigenvalue weighted by Gasteiger charge is 2.17. The zero-order valence-electron chi connectivity index (χ0n) is 11.4. The Morgan fingerprint density at radius 3 is 3.05 bits per heavy atom. The van der Waals surface area contributed by atoms with Crippen LogP contribution in [-0.2, 0) is 25.9 Å². The molecule has 1 aliphatic rings. The van der Waals surface area contributed by atoms with Crippen molar-refractivity contribution in [3.8, 4) is 5.75 Å². The molecule has 2 heterocycles. The second kappa shape index (κ2) is 5.85. The molecule has 0 fully saturated rings. The third kappa shape index (κ3) is 2.81. The van der Waals surface area contributed by atoms with Crippen LogP contribution in [0.1, 0.15) is 29.7 Å². The molecule has 0 atom stereocenters. The summed E-state index contributed by atoms with van der Waals surface area (Å²) in [6.07, 6.45) is 3.57. The predicted molar refractivity (Wildman–Crippen MR) is 77.1 cm³/mol.